The van der Waals surface area contributed by atoms with Crippen LogP contribution in [0.15, 0.2) is 29.4 Å². The summed E-state index contributed by atoms with van der Waals surface area (Å²) in [6.07, 6.45) is 1.56. The van der Waals surface area contributed by atoms with Crippen LogP contribution in [0.1, 0.15) is 18.4 Å². The maximum absolute atomic E-state index is 11.6. The Bertz CT molecular complexity index is 353. The van der Waals surface area contributed by atoms with Gasteiger partial charge in [0, 0.05) is 30.3 Å². The molecule has 80 valence electrons. The fraction of sp³-hybridized carbons (Fsp3) is 0.455. The van der Waals surface area contributed by atoms with Crippen LogP contribution in [0.25, 0.3) is 0 Å². The zero-order valence-corrected chi connectivity index (χ0v) is 8.72. The highest BCUT2D eigenvalue weighted by molar-refractivity contribution is 5.31. The highest BCUT2D eigenvalue weighted by Crippen LogP contribution is 2.17. The van der Waals surface area contributed by atoms with Gasteiger partial charge in [-0.3, -0.25) is 0 Å². The summed E-state index contributed by atoms with van der Waals surface area (Å²) in [5.74, 6) is 0. The van der Waals surface area contributed by atoms with Crippen molar-refractivity contribution in [2.24, 2.45) is 5.11 Å². The first kappa shape index (κ1) is 10.1. The van der Waals surface area contributed by atoms with E-state index in [0.717, 1.165) is 18.4 Å². The van der Waals surface area contributed by atoms with Gasteiger partial charge in [0.25, 0.3) is 0 Å². The van der Waals surface area contributed by atoms with E-state index >= 15 is 0 Å². The molecule has 0 amide bonds. The smallest absolute Gasteiger partial charge is 0.244 e. The van der Waals surface area contributed by atoms with Crippen LogP contribution in [-0.4, -0.2) is 17.7 Å². The normalized spacial score (nSPS) is 21.9. The molecular weight excluding hydrogens is 192 g/mol. The molecule has 1 aliphatic heterocycles. The molecule has 0 aliphatic carbocycles. The van der Waals surface area contributed by atoms with Gasteiger partial charge in [0.1, 0.15) is 0 Å². The number of nitrogens with zero attached hydrogens (tertiary/aromatic N) is 2. The average molecular weight is 206 g/mol. The quantitative estimate of drug-likeness (QED) is 0.424. The summed E-state index contributed by atoms with van der Waals surface area (Å²) < 4.78 is 5.26. The Balaban J connectivity index is 2.12. The second-order valence-electron chi connectivity index (χ2n) is 3.69. The molecule has 1 saturated heterocycles. The van der Waals surface area contributed by atoms with Crippen LogP contribution in [0.5, 0.6) is 0 Å². The van der Waals surface area contributed by atoms with E-state index < -0.39 is 0 Å². The second kappa shape index (κ2) is 4.40. The van der Waals surface area contributed by atoms with Gasteiger partial charge in [-0.25, -0.2) is 0 Å². The average Bonchev–Trinajstić information content (AvgIpc) is 2.71. The van der Waals surface area contributed by atoms with Crippen LogP contribution in [-0.2, 0) is 4.74 Å². The Morgan fingerprint density at radius 1 is 1.40 bits per heavy atom. The summed E-state index contributed by atoms with van der Waals surface area (Å²) in [7, 11) is 0. The van der Waals surface area contributed by atoms with Crippen LogP contribution < -0.4 is 0 Å². The molecule has 0 spiro atoms. The van der Waals surface area contributed by atoms with Crippen LogP contribution in [0, 0.1) is 12.1 Å². The summed E-state index contributed by atoms with van der Waals surface area (Å²) in [6.45, 7) is 2.69. The molecular formula is C11H14N2O2. The maximum Gasteiger partial charge on any atom is 0.244 e. The molecule has 4 heteroatoms. The molecule has 0 radical (unpaired) electrons. The van der Waals surface area contributed by atoms with Crippen molar-refractivity contribution in [3.63, 3.8) is 0 Å². The third kappa shape index (κ3) is 2.53. The monoisotopic (exact) mass is 206 g/mol. The van der Waals surface area contributed by atoms with Crippen LogP contribution >= 0.6 is 0 Å². The lowest BCUT2D eigenvalue weighted by molar-refractivity contribution is -0.451. The molecule has 1 heterocycles. The standard InChI is InChI=1S/C11H14N2O2/c1-9-4-6-10(7-5-9)13(14)12-11-3-2-8-15-11/h4-7,11H,2-3,8H2,1H3/b13-12-. The largest absolute Gasteiger partial charge is 0.594 e. The van der Waals surface area contributed by atoms with Crippen LogP contribution in [0.4, 0.5) is 5.69 Å². The van der Waals surface area contributed by atoms with Gasteiger partial charge in [-0.1, -0.05) is 22.6 Å². The third-order valence-electron chi connectivity index (χ3n) is 2.39. The van der Waals surface area contributed by atoms with Crippen molar-refractivity contribution in [1.82, 2.24) is 0 Å². The minimum Gasteiger partial charge on any atom is -0.594 e. The summed E-state index contributed by atoms with van der Waals surface area (Å²) in [5, 5.41) is 15.5. The van der Waals surface area contributed by atoms with E-state index in [-0.39, 0.29) is 6.23 Å². The Morgan fingerprint density at radius 2 is 2.13 bits per heavy atom. The van der Waals surface area contributed by atoms with Crippen molar-refractivity contribution in [2.75, 3.05) is 6.61 Å². The molecule has 4 nitrogen and oxygen atoms in total. The van der Waals surface area contributed by atoms with E-state index in [0.29, 0.717) is 17.2 Å². The van der Waals surface area contributed by atoms with E-state index in [9.17, 15) is 5.21 Å². The van der Waals surface area contributed by atoms with Gasteiger partial charge < -0.3 is 9.94 Å². The number of hydrogen-bond donors (Lipinski definition) is 0. The van der Waals surface area contributed by atoms with Gasteiger partial charge >= 0.3 is 0 Å². The van der Waals surface area contributed by atoms with Crippen LogP contribution in [0.2, 0.25) is 0 Å². The third-order valence-corrected chi connectivity index (χ3v) is 2.39. The highest BCUT2D eigenvalue weighted by Gasteiger charge is 2.18. The molecule has 1 unspecified atom stereocenters. The Kier molecular flexibility index (Phi) is 2.97. The first-order valence-electron chi connectivity index (χ1n) is 5.12. The second-order valence-corrected chi connectivity index (χ2v) is 3.69. The number of aryl methyl sites for hydroxylation is 1. The fourth-order valence-electron chi connectivity index (χ4n) is 1.51. The molecule has 1 fully saturated rings. The molecule has 1 aromatic carbocycles. The lowest BCUT2D eigenvalue weighted by Gasteiger charge is -2.03. The summed E-state index contributed by atoms with van der Waals surface area (Å²) in [4.78, 5) is 0.648. The number of hydrogen-bond acceptors (Lipinski definition) is 3. The minimum absolute atomic E-state index is 0.260. The molecule has 0 bridgehead atoms. The summed E-state index contributed by atoms with van der Waals surface area (Å²) in [5.41, 5.74) is 1.68. The predicted molar refractivity (Wildman–Crippen MR) is 55.9 cm³/mol. The number of azo groups is 1. The highest BCUT2D eigenvalue weighted by atomic mass is 16.5. The van der Waals surface area contributed by atoms with Gasteiger partial charge in [0.05, 0.1) is 0 Å². The van der Waals surface area contributed by atoms with E-state index in [2.05, 4.69) is 5.11 Å². The first-order chi connectivity index (χ1) is 7.25. The van der Waals surface area contributed by atoms with Crippen molar-refractivity contribution < 1.29 is 9.60 Å². The Morgan fingerprint density at radius 3 is 2.73 bits per heavy atom. The van der Waals surface area contributed by atoms with Crippen LogP contribution in [0.3, 0.4) is 0 Å². The number of rotatable bonds is 2. The molecule has 1 aromatic rings. The Hall–Kier alpha value is -1.42. The van der Waals surface area contributed by atoms with Gasteiger partial charge in [-0.15, -0.1) is 0 Å². The van der Waals surface area contributed by atoms with Gasteiger partial charge in [0.15, 0.2) is 0 Å². The lowest BCUT2D eigenvalue weighted by atomic mass is 10.2. The zero-order valence-electron chi connectivity index (χ0n) is 8.72. The van der Waals surface area contributed by atoms with Gasteiger partial charge in [-0.2, -0.15) is 0 Å². The van der Waals surface area contributed by atoms with E-state index in [1.807, 2.05) is 19.1 Å². The molecule has 1 atom stereocenters. The number of ether oxygens (including phenoxy) is 1. The minimum atomic E-state index is -0.260. The maximum atomic E-state index is 11.6. The van der Waals surface area contributed by atoms with Crippen molar-refractivity contribution in [2.45, 2.75) is 26.0 Å². The molecule has 15 heavy (non-hydrogen) atoms. The van der Waals surface area contributed by atoms with E-state index in [4.69, 9.17) is 4.74 Å². The predicted octanol–water partition coefficient (Wildman–Crippen LogP) is 2.73. The molecule has 1 aliphatic rings. The van der Waals surface area contributed by atoms with Crippen molar-refractivity contribution in [3.05, 3.63) is 35.0 Å². The summed E-state index contributed by atoms with van der Waals surface area (Å²) in [6, 6.07) is 7.32. The van der Waals surface area contributed by atoms with Crippen molar-refractivity contribution in [3.8, 4) is 0 Å². The van der Waals surface area contributed by atoms with Gasteiger partial charge in [-0.05, 0) is 13.3 Å². The zero-order chi connectivity index (χ0) is 10.7. The molecule has 2 rings (SSSR count). The molecule has 0 N–H and O–H groups in total. The van der Waals surface area contributed by atoms with Gasteiger partial charge in [0.2, 0.25) is 11.9 Å². The fourth-order valence-corrected chi connectivity index (χ4v) is 1.51. The Labute approximate surface area is 88.8 Å². The number of benzene rings is 1. The molecule has 0 aromatic heterocycles. The topological polar surface area (TPSA) is 47.7 Å². The molecule has 0 saturated carbocycles. The first-order valence-corrected chi connectivity index (χ1v) is 5.12. The summed E-state index contributed by atoms with van der Waals surface area (Å²) >= 11 is 0. The van der Waals surface area contributed by atoms with Crippen molar-refractivity contribution in [1.29, 1.82) is 0 Å². The van der Waals surface area contributed by atoms with Crippen molar-refractivity contribution >= 4 is 5.69 Å². The van der Waals surface area contributed by atoms with E-state index in [1.165, 1.54) is 0 Å². The SMILES string of the molecule is Cc1ccc(/[N+]([O-])=N/C2CCCO2)cc1. The lowest BCUT2D eigenvalue weighted by Crippen LogP contribution is -2.05. The van der Waals surface area contributed by atoms with E-state index in [1.54, 1.807) is 12.1 Å².